The molecule has 0 bridgehead atoms. The Bertz CT molecular complexity index is 989. The Morgan fingerprint density at radius 2 is 1.73 bits per heavy atom. The highest BCUT2D eigenvalue weighted by molar-refractivity contribution is 14.0. The summed E-state index contributed by atoms with van der Waals surface area (Å²) < 4.78 is 5.48. The molecule has 9 heteroatoms. The van der Waals surface area contributed by atoms with E-state index in [1.807, 2.05) is 25.2 Å². The van der Waals surface area contributed by atoms with Gasteiger partial charge in [-0.15, -0.1) is 24.0 Å². The Labute approximate surface area is 212 Å². The van der Waals surface area contributed by atoms with Crippen molar-refractivity contribution in [3.05, 3.63) is 78.0 Å². The van der Waals surface area contributed by atoms with E-state index in [2.05, 4.69) is 66.3 Å². The number of halogens is 1. The van der Waals surface area contributed by atoms with Crippen LogP contribution in [0.3, 0.4) is 0 Å². The Kier molecular flexibility index (Phi) is 9.49. The number of benzene rings is 1. The first-order valence-electron chi connectivity index (χ1n) is 11.0. The third kappa shape index (κ3) is 6.91. The zero-order valence-corrected chi connectivity index (χ0v) is 21.6. The lowest BCUT2D eigenvalue weighted by atomic mass is 10.1. The molecule has 1 saturated heterocycles. The largest absolute Gasteiger partial charge is 0.468 e. The zero-order chi connectivity index (χ0) is 22.2. The molecular formula is C24H32IN7O. The summed E-state index contributed by atoms with van der Waals surface area (Å²) in [5.41, 5.74) is 2.58. The van der Waals surface area contributed by atoms with Gasteiger partial charge in [0.25, 0.3) is 0 Å². The highest BCUT2D eigenvalue weighted by Crippen LogP contribution is 2.14. The fourth-order valence-corrected chi connectivity index (χ4v) is 3.98. The van der Waals surface area contributed by atoms with E-state index in [1.165, 1.54) is 11.1 Å². The minimum Gasteiger partial charge on any atom is -0.468 e. The van der Waals surface area contributed by atoms with Crippen LogP contribution >= 0.6 is 24.0 Å². The summed E-state index contributed by atoms with van der Waals surface area (Å²) in [6.45, 7) is 5.88. The van der Waals surface area contributed by atoms with Crippen molar-refractivity contribution in [1.82, 2.24) is 25.1 Å². The van der Waals surface area contributed by atoms with Gasteiger partial charge in [0.1, 0.15) is 5.76 Å². The van der Waals surface area contributed by atoms with Gasteiger partial charge < -0.3 is 19.5 Å². The van der Waals surface area contributed by atoms with Crippen LogP contribution in [-0.4, -0.2) is 66.0 Å². The van der Waals surface area contributed by atoms with Crippen LogP contribution < -0.4 is 10.2 Å². The van der Waals surface area contributed by atoms with Crippen LogP contribution in [0.25, 0.3) is 0 Å². The first kappa shape index (κ1) is 25.0. The predicted molar refractivity (Wildman–Crippen MR) is 142 cm³/mol. The van der Waals surface area contributed by atoms with Crippen LogP contribution in [0, 0.1) is 0 Å². The van der Waals surface area contributed by atoms with E-state index in [4.69, 9.17) is 4.42 Å². The molecule has 3 heterocycles. The molecule has 0 amide bonds. The van der Waals surface area contributed by atoms with E-state index in [-0.39, 0.29) is 24.0 Å². The van der Waals surface area contributed by atoms with Gasteiger partial charge in [0.2, 0.25) is 5.95 Å². The zero-order valence-electron chi connectivity index (χ0n) is 19.2. The van der Waals surface area contributed by atoms with E-state index >= 15 is 0 Å². The van der Waals surface area contributed by atoms with Gasteiger partial charge in [0, 0.05) is 58.7 Å². The SMILES string of the molecule is CN=C(NCc1ccccc1CN(C)Cc1ccco1)N1CCN(c2ncccn2)CC1.I. The van der Waals surface area contributed by atoms with Crippen molar-refractivity contribution in [3.63, 3.8) is 0 Å². The number of rotatable bonds is 7. The van der Waals surface area contributed by atoms with Gasteiger partial charge in [-0.25, -0.2) is 9.97 Å². The Balaban J connectivity index is 0.00000306. The topological polar surface area (TPSA) is 73.0 Å². The number of hydrogen-bond donors (Lipinski definition) is 1. The van der Waals surface area contributed by atoms with Gasteiger partial charge >= 0.3 is 0 Å². The third-order valence-electron chi connectivity index (χ3n) is 5.63. The van der Waals surface area contributed by atoms with Crippen molar-refractivity contribution < 1.29 is 4.42 Å². The van der Waals surface area contributed by atoms with Gasteiger partial charge in [-0.05, 0) is 36.4 Å². The molecule has 0 saturated carbocycles. The molecule has 1 N–H and O–H groups in total. The summed E-state index contributed by atoms with van der Waals surface area (Å²) in [4.78, 5) is 20.0. The molecular weight excluding hydrogens is 529 g/mol. The van der Waals surface area contributed by atoms with Crippen molar-refractivity contribution >= 4 is 35.9 Å². The van der Waals surface area contributed by atoms with Gasteiger partial charge in [0.05, 0.1) is 12.8 Å². The molecule has 8 nitrogen and oxygen atoms in total. The molecule has 0 aliphatic carbocycles. The molecule has 1 aliphatic rings. The second-order valence-electron chi connectivity index (χ2n) is 7.94. The lowest BCUT2D eigenvalue weighted by molar-refractivity contribution is 0.287. The second kappa shape index (κ2) is 12.5. The van der Waals surface area contributed by atoms with Gasteiger partial charge in [0.15, 0.2) is 5.96 Å². The molecule has 3 aromatic rings. The standard InChI is InChI=1S/C24H31N7O.HI/c1-25-23(30-12-14-31(15-13-30)24-26-10-6-11-27-24)28-17-20-7-3-4-8-21(20)18-29(2)19-22-9-5-16-32-22;/h3-11,16H,12-15,17-19H2,1-2H3,(H,25,28);1H. The summed E-state index contributed by atoms with van der Waals surface area (Å²) in [6.07, 6.45) is 5.30. The molecule has 2 aromatic heterocycles. The van der Waals surface area contributed by atoms with Crippen LogP contribution in [0.5, 0.6) is 0 Å². The number of piperazine rings is 1. The molecule has 0 radical (unpaired) electrons. The molecule has 33 heavy (non-hydrogen) atoms. The summed E-state index contributed by atoms with van der Waals surface area (Å²) in [5.74, 6) is 2.70. The van der Waals surface area contributed by atoms with Crippen LogP contribution in [-0.2, 0) is 19.6 Å². The quantitative estimate of drug-likeness (QED) is 0.270. The summed E-state index contributed by atoms with van der Waals surface area (Å²) in [6, 6.07) is 14.3. The van der Waals surface area contributed by atoms with Crippen molar-refractivity contribution in [2.75, 3.05) is 45.2 Å². The van der Waals surface area contributed by atoms with Crippen molar-refractivity contribution in [3.8, 4) is 0 Å². The van der Waals surface area contributed by atoms with E-state index in [9.17, 15) is 0 Å². The summed E-state index contributed by atoms with van der Waals surface area (Å²) >= 11 is 0. The Morgan fingerprint density at radius 3 is 2.39 bits per heavy atom. The summed E-state index contributed by atoms with van der Waals surface area (Å²) in [5, 5.41) is 3.56. The van der Waals surface area contributed by atoms with Crippen molar-refractivity contribution in [2.45, 2.75) is 19.6 Å². The van der Waals surface area contributed by atoms with Gasteiger partial charge in [-0.2, -0.15) is 0 Å². The Morgan fingerprint density at radius 1 is 1.00 bits per heavy atom. The normalized spacial score (nSPS) is 14.3. The molecule has 1 fully saturated rings. The number of guanidine groups is 1. The van der Waals surface area contributed by atoms with E-state index in [1.54, 1.807) is 18.7 Å². The average Bonchev–Trinajstić information content (AvgIpc) is 3.34. The van der Waals surface area contributed by atoms with E-state index in [0.717, 1.165) is 63.5 Å². The fourth-order valence-electron chi connectivity index (χ4n) is 3.98. The summed E-state index contributed by atoms with van der Waals surface area (Å²) in [7, 11) is 3.96. The molecule has 0 spiro atoms. The van der Waals surface area contributed by atoms with E-state index < -0.39 is 0 Å². The van der Waals surface area contributed by atoms with Gasteiger partial charge in [-0.1, -0.05) is 24.3 Å². The molecule has 4 rings (SSSR count). The third-order valence-corrected chi connectivity index (χ3v) is 5.63. The molecule has 1 aromatic carbocycles. The van der Waals surface area contributed by atoms with E-state index in [0.29, 0.717) is 0 Å². The average molecular weight is 561 g/mol. The number of nitrogens with one attached hydrogen (secondary N) is 1. The van der Waals surface area contributed by atoms with Gasteiger partial charge in [-0.3, -0.25) is 9.89 Å². The maximum Gasteiger partial charge on any atom is 0.225 e. The number of hydrogen-bond acceptors (Lipinski definition) is 6. The molecule has 0 atom stereocenters. The molecule has 0 unspecified atom stereocenters. The van der Waals surface area contributed by atoms with Crippen LogP contribution in [0.15, 0.2) is 70.5 Å². The van der Waals surface area contributed by atoms with Crippen LogP contribution in [0.4, 0.5) is 5.95 Å². The van der Waals surface area contributed by atoms with Crippen LogP contribution in [0.2, 0.25) is 0 Å². The number of nitrogens with zero attached hydrogens (tertiary/aromatic N) is 6. The highest BCUT2D eigenvalue weighted by atomic mass is 127. The number of furan rings is 1. The second-order valence-corrected chi connectivity index (χ2v) is 7.94. The monoisotopic (exact) mass is 561 g/mol. The first-order valence-corrected chi connectivity index (χ1v) is 11.0. The number of aromatic nitrogens is 2. The fraction of sp³-hybridized carbons (Fsp3) is 0.375. The van der Waals surface area contributed by atoms with Crippen molar-refractivity contribution in [2.24, 2.45) is 4.99 Å². The maximum atomic E-state index is 5.48. The lowest BCUT2D eigenvalue weighted by Gasteiger charge is -2.36. The number of anilines is 1. The smallest absolute Gasteiger partial charge is 0.225 e. The maximum absolute atomic E-state index is 5.48. The highest BCUT2D eigenvalue weighted by Gasteiger charge is 2.21. The first-order chi connectivity index (χ1) is 15.7. The Hall–Kier alpha value is -2.66. The minimum atomic E-state index is 0. The van der Waals surface area contributed by atoms with Crippen LogP contribution in [0.1, 0.15) is 16.9 Å². The number of aliphatic imine (C=N–C) groups is 1. The molecule has 1 aliphatic heterocycles. The predicted octanol–water partition coefficient (Wildman–Crippen LogP) is 3.22. The lowest BCUT2D eigenvalue weighted by Crippen LogP contribution is -2.52. The molecule has 176 valence electrons. The minimum absolute atomic E-state index is 0. The van der Waals surface area contributed by atoms with Crippen molar-refractivity contribution in [1.29, 1.82) is 0 Å².